The van der Waals surface area contributed by atoms with Crippen molar-refractivity contribution in [2.45, 2.75) is 45.6 Å². The van der Waals surface area contributed by atoms with Gasteiger partial charge in [-0.1, -0.05) is 13.3 Å². The highest BCUT2D eigenvalue weighted by molar-refractivity contribution is 5.30. The first-order chi connectivity index (χ1) is 9.24. The van der Waals surface area contributed by atoms with E-state index in [1.54, 1.807) is 7.11 Å². The lowest BCUT2D eigenvalue weighted by Gasteiger charge is -2.34. The second-order valence-electron chi connectivity index (χ2n) is 5.41. The number of methoxy groups -OCH3 is 1. The van der Waals surface area contributed by atoms with Gasteiger partial charge in [0, 0.05) is 32.6 Å². The van der Waals surface area contributed by atoms with Gasteiger partial charge in [0.25, 0.3) is 0 Å². The number of aromatic nitrogens is 2. The topological polar surface area (TPSA) is 38.2 Å². The summed E-state index contributed by atoms with van der Waals surface area (Å²) in [6, 6.07) is 0. The Labute approximate surface area is 116 Å². The van der Waals surface area contributed by atoms with Gasteiger partial charge in [-0.15, -0.1) is 0 Å². The van der Waals surface area contributed by atoms with Gasteiger partial charge < -0.3 is 9.64 Å². The minimum atomic E-state index is 0.356. The van der Waals surface area contributed by atoms with Gasteiger partial charge in [-0.3, -0.25) is 0 Å². The van der Waals surface area contributed by atoms with Crippen LogP contribution < -0.4 is 4.90 Å². The summed E-state index contributed by atoms with van der Waals surface area (Å²) < 4.78 is 5.42. The Bertz CT molecular complexity index is 371. The Morgan fingerprint density at radius 3 is 2.47 bits per heavy atom. The van der Waals surface area contributed by atoms with Gasteiger partial charge in [0.1, 0.15) is 0 Å². The summed E-state index contributed by atoms with van der Waals surface area (Å²) >= 11 is 0. The van der Waals surface area contributed by atoms with Gasteiger partial charge in [0.2, 0.25) is 5.95 Å². The summed E-state index contributed by atoms with van der Waals surface area (Å²) in [5.41, 5.74) is 1.23. The van der Waals surface area contributed by atoms with Crippen LogP contribution in [0.1, 0.15) is 38.7 Å². The van der Waals surface area contributed by atoms with E-state index in [1.165, 1.54) is 5.56 Å². The van der Waals surface area contributed by atoms with Gasteiger partial charge in [-0.25, -0.2) is 9.97 Å². The van der Waals surface area contributed by atoms with Crippen molar-refractivity contribution in [2.24, 2.45) is 5.92 Å². The monoisotopic (exact) mass is 263 g/mol. The molecule has 0 unspecified atom stereocenters. The van der Waals surface area contributed by atoms with E-state index in [0.717, 1.165) is 44.7 Å². The maximum atomic E-state index is 5.42. The summed E-state index contributed by atoms with van der Waals surface area (Å²) in [5, 5.41) is 0. The molecule has 1 aliphatic rings. The molecule has 0 aromatic carbocycles. The SMILES string of the molecule is CCCc1cnc(N2CCC([C@H](C)OC)CC2)nc1. The molecule has 2 rings (SSSR count). The molecule has 4 heteroatoms. The summed E-state index contributed by atoms with van der Waals surface area (Å²) in [6.07, 6.45) is 8.82. The molecule has 1 saturated heterocycles. The van der Waals surface area contributed by atoms with Crippen molar-refractivity contribution < 1.29 is 4.74 Å². The first kappa shape index (κ1) is 14.3. The van der Waals surface area contributed by atoms with Gasteiger partial charge in [-0.2, -0.15) is 0 Å². The van der Waals surface area contributed by atoms with Crippen molar-refractivity contribution in [1.82, 2.24) is 9.97 Å². The number of piperidine rings is 1. The number of ether oxygens (including phenoxy) is 1. The lowest BCUT2D eigenvalue weighted by Crippen LogP contribution is -2.38. The smallest absolute Gasteiger partial charge is 0.225 e. The van der Waals surface area contributed by atoms with Crippen LogP contribution in [0.4, 0.5) is 5.95 Å². The quantitative estimate of drug-likeness (QED) is 0.818. The summed E-state index contributed by atoms with van der Waals surface area (Å²) in [4.78, 5) is 11.3. The number of nitrogens with zero attached hydrogens (tertiary/aromatic N) is 3. The molecule has 0 spiro atoms. The molecule has 1 aromatic rings. The van der Waals surface area contributed by atoms with Crippen LogP contribution in [0.2, 0.25) is 0 Å². The average molecular weight is 263 g/mol. The number of aryl methyl sites for hydroxylation is 1. The molecule has 19 heavy (non-hydrogen) atoms. The summed E-state index contributed by atoms with van der Waals surface area (Å²) in [7, 11) is 1.80. The lowest BCUT2D eigenvalue weighted by atomic mass is 9.92. The Morgan fingerprint density at radius 1 is 1.32 bits per heavy atom. The molecule has 106 valence electrons. The van der Waals surface area contributed by atoms with Crippen LogP contribution in [0, 0.1) is 5.92 Å². The highest BCUT2D eigenvalue weighted by Gasteiger charge is 2.24. The van der Waals surface area contributed by atoms with Crippen molar-refractivity contribution >= 4 is 5.95 Å². The molecular formula is C15H25N3O. The van der Waals surface area contributed by atoms with Crippen molar-refractivity contribution in [1.29, 1.82) is 0 Å². The van der Waals surface area contributed by atoms with Crippen LogP contribution in [-0.2, 0) is 11.2 Å². The molecule has 0 bridgehead atoms. The Morgan fingerprint density at radius 2 is 1.95 bits per heavy atom. The van der Waals surface area contributed by atoms with Crippen molar-refractivity contribution in [3.8, 4) is 0 Å². The van der Waals surface area contributed by atoms with Gasteiger partial charge in [0.15, 0.2) is 0 Å². The molecule has 0 saturated carbocycles. The lowest BCUT2D eigenvalue weighted by molar-refractivity contribution is 0.0563. The number of hydrogen-bond acceptors (Lipinski definition) is 4. The Kier molecular flexibility index (Phi) is 5.14. The number of hydrogen-bond donors (Lipinski definition) is 0. The van der Waals surface area contributed by atoms with E-state index in [2.05, 4.69) is 28.7 Å². The molecule has 0 N–H and O–H groups in total. The maximum absolute atomic E-state index is 5.42. The second kappa shape index (κ2) is 6.85. The van der Waals surface area contributed by atoms with E-state index in [4.69, 9.17) is 4.74 Å². The summed E-state index contributed by atoms with van der Waals surface area (Å²) in [5.74, 6) is 1.55. The molecular weight excluding hydrogens is 238 g/mol. The molecule has 1 aromatic heterocycles. The first-order valence-electron chi connectivity index (χ1n) is 7.33. The fourth-order valence-corrected chi connectivity index (χ4v) is 2.69. The fraction of sp³-hybridized carbons (Fsp3) is 0.733. The third kappa shape index (κ3) is 3.66. The summed E-state index contributed by atoms with van der Waals surface area (Å²) in [6.45, 7) is 6.41. The molecule has 0 aliphatic carbocycles. The fourth-order valence-electron chi connectivity index (χ4n) is 2.69. The predicted molar refractivity (Wildman–Crippen MR) is 77.4 cm³/mol. The highest BCUT2D eigenvalue weighted by Crippen LogP contribution is 2.24. The minimum absolute atomic E-state index is 0.356. The highest BCUT2D eigenvalue weighted by atomic mass is 16.5. The zero-order valence-corrected chi connectivity index (χ0v) is 12.3. The van der Waals surface area contributed by atoms with Gasteiger partial charge in [-0.05, 0) is 37.7 Å². The van der Waals surface area contributed by atoms with E-state index >= 15 is 0 Å². The van der Waals surface area contributed by atoms with Crippen LogP contribution in [0.3, 0.4) is 0 Å². The van der Waals surface area contributed by atoms with E-state index in [1.807, 2.05) is 12.4 Å². The van der Waals surface area contributed by atoms with Crippen molar-refractivity contribution in [2.75, 3.05) is 25.1 Å². The Hall–Kier alpha value is -1.16. The van der Waals surface area contributed by atoms with E-state index in [0.29, 0.717) is 12.0 Å². The third-order valence-corrected chi connectivity index (χ3v) is 4.09. The van der Waals surface area contributed by atoms with Gasteiger partial charge in [0.05, 0.1) is 6.10 Å². The predicted octanol–water partition coefficient (Wildman–Crippen LogP) is 2.68. The van der Waals surface area contributed by atoms with Crippen LogP contribution in [-0.4, -0.2) is 36.3 Å². The molecule has 4 nitrogen and oxygen atoms in total. The van der Waals surface area contributed by atoms with E-state index in [-0.39, 0.29) is 0 Å². The first-order valence-corrected chi connectivity index (χ1v) is 7.33. The molecule has 1 fully saturated rings. The van der Waals surface area contributed by atoms with Gasteiger partial charge >= 0.3 is 0 Å². The third-order valence-electron chi connectivity index (χ3n) is 4.09. The largest absolute Gasteiger partial charge is 0.381 e. The van der Waals surface area contributed by atoms with Crippen molar-refractivity contribution in [3.05, 3.63) is 18.0 Å². The minimum Gasteiger partial charge on any atom is -0.381 e. The number of rotatable bonds is 5. The van der Waals surface area contributed by atoms with Crippen LogP contribution in [0.15, 0.2) is 12.4 Å². The zero-order valence-electron chi connectivity index (χ0n) is 12.3. The molecule has 1 atom stereocenters. The van der Waals surface area contributed by atoms with E-state index < -0.39 is 0 Å². The molecule has 2 heterocycles. The van der Waals surface area contributed by atoms with Crippen LogP contribution in [0.25, 0.3) is 0 Å². The van der Waals surface area contributed by atoms with E-state index in [9.17, 15) is 0 Å². The molecule has 1 aliphatic heterocycles. The molecule has 0 radical (unpaired) electrons. The Balaban J connectivity index is 1.90. The number of anilines is 1. The standard InChI is InChI=1S/C15H25N3O/c1-4-5-13-10-16-15(17-11-13)18-8-6-14(7-9-18)12(2)19-3/h10-12,14H,4-9H2,1-3H3/t12-/m0/s1. The van der Waals surface area contributed by atoms with Crippen LogP contribution >= 0.6 is 0 Å². The second-order valence-corrected chi connectivity index (χ2v) is 5.41. The zero-order chi connectivity index (χ0) is 13.7. The average Bonchev–Trinajstić information content (AvgIpc) is 2.48. The molecule has 0 amide bonds. The normalized spacial score (nSPS) is 18.6. The van der Waals surface area contributed by atoms with Crippen LogP contribution in [0.5, 0.6) is 0 Å². The van der Waals surface area contributed by atoms with Crippen molar-refractivity contribution in [3.63, 3.8) is 0 Å². The maximum Gasteiger partial charge on any atom is 0.225 e.